The fourth-order valence-corrected chi connectivity index (χ4v) is 4.24. The zero-order chi connectivity index (χ0) is 22.4. The SMILES string of the molecule is COC(=O)C1CCC(C(=O)Oc2ccc(C(=O)OC3CCC(C(=O)O)CC3)cc2)CC1. The van der Waals surface area contributed by atoms with Crippen LogP contribution in [-0.4, -0.2) is 42.2 Å². The second kappa shape index (κ2) is 10.4. The molecule has 2 fully saturated rings. The Morgan fingerprint density at radius 2 is 1.29 bits per heavy atom. The molecule has 1 aromatic carbocycles. The molecule has 8 nitrogen and oxygen atoms in total. The lowest BCUT2D eigenvalue weighted by Crippen LogP contribution is -2.29. The number of hydrogen-bond donors (Lipinski definition) is 1. The number of carboxylic acid groups (broad SMARTS) is 1. The predicted octanol–water partition coefficient (Wildman–Crippen LogP) is 3.37. The van der Waals surface area contributed by atoms with Gasteiger partial charge >= 0.3 is 23.9 Å². The highest BCUT2D eigenvalue weighted by atomic mass is 16.5. The van der Waals surface area contributed by atoms with E-state index in [2.05, 4.69) is 0 Å². The Morgan fingerprint density at radius 3 is 1.81 bits per heavy atom. The molecule has 8 heteroatoms. The summed E-state index contributed by atoms with van der Waals surface area (Å²) >= 11 is 0. The summed E-state index contributed by atoms with van der Waals surface area (Å²) in [5.41, 5.74) is 0.346. The molecular weight excluding hydrogens is 404 g/mol. The maximum absolute atomic E-state index is 12.4. The molecule has 1 aromatic rings. The lowest BCUT2D eigenvalue weighted by molar-refractivity contribution is -0.149. The van der Waals surface area contributed by atoms with E-state index in [0.717, 1.165) is 0 Å². The van der Waals surface area contributed by atoms with Gasteiger partial charge in [-0.05, 0) is 75.6 Å². The third-order valence-corrected chi connectivity index (χ3v) is 6.20. The number of methoxy groups -OCH3 is 1. The molecular formula is C23H28O8. The number of aliphatic carboxylic acids is 1. The minimum absolute atomic E-state index is 0.154. The molecule has 0 aromatic heterocycles. The Bertz CT molecular complexity index is 799. The van der Waals surface area contributed by atoms with Crippen LogP contribution in [0.25, 0.3) is 0 Å². The molecule has 0 aliphatic heterocycles. The number of ether oxygens (including phenoxy) is 3. The number of carboxylic acids is 1. The molecule has 0 atom stereocenters. The minimum Gasteiger partial charge on any atom is -0.481 e. The average Bonchev–Trinajstić information content (AvgIpc) is 2.79. The zero-order valence-corrected chi connectivity index (χ0v) is 17.6. The van der Waals surface area contributed by atoms with Gasteiger partial charge in [0.2, 0.25) is 0 Å². The molecule has 2 aliphatic carbocycles. The first-order chi connectivity index (χ1) is 14.9. The van der Waals surface area contributed by atoms with Gasteiger partial charge in [0.25, 0.3) is 0 Å². The van der Waals surface area contributed by atoms with E-state index in [1.807, 2.05) is 0 Å². The van der Waals surface area contributed by atoms with Crippen LogP contribution < -0.4 is 4.74 Å². The molecule has 0 spiro atoms. The van der Waals surface area contributed by atoms with Crippen molar-refractivity contribution in [3.05, 3.63) is 29.8 Å². The van der Waals surface area contributed by atoms with Crippen LogP contribution in [0.15, 0.2) is 24.3 Å². The summed E-state index contributed by atoms with van der Waals surface area (Å²) in [5.74, 6) is -2.27. The first-order valence-electron chi connectivity index (χ1n) is 10.7. The Hall–Kier alpha value is -2.90. The fraction of sp³-hybridized carbons (Fsp3) is 0.565. The standard InChI is InChI=1S/C23H28O8/c1-29-21(26)15-2-4-16(5-3-15)22(27)31-19-12-8-17(9-13-19)23(28)30-18-10-6-14(7-11-18)20(24)25/h8-9,12-16,18H,2-7,10-11H2,1H3,(H,24,25). The third-order valence-electron chi connectivity index (χ3n) is 6.20. The highest BCUT2D eigenvalue weighted by molar-refractivity contribution is 5.89. The van der Waals surface area contributed by atoms with Gasteiger partial charge < -0.3 is 19.3 Å². The van der Waals surface area contributed by atoms with Crippen molar-refractivity contribution in [1.29, 1.82) is 0 Å². The molecule has 1 N–H and O–H groups in total. The van der Waals surface area contributed by atoms with Crippen LogP contribution in [0.2, 0.25) is 0 Å². The highest BCUT2D eigenvalue weighted by Crippen LogP contribution is 2.31. The molecule has 0 amide bonds. The van der Waals surface area contributed by atoms with Crippen LogP contribution in [0.4, 0.5) is 0 Å². The quantitative estimate of drug-likeness (QED) is 0.537. The molecule has 0 saturated heterocycles. The van der Waals surface area contributed by atoms with Crippen molar-refractivity contribution in [2.45, 2.75) is 57.5 Å². The number of carbonyl (C=O) groups is 4. The lowest BCUT2D eigenvalue weighted by atomic mass is 9.82. The number of esters is 3. The summed E-state index contributed by atoms with van der Waals surface area (Å²) in [5, 5.41) is 9.04. The Labute approximate surface area is 180 Å². The molecule has 168 valence electrons. The number of benzene rings is 1. The zero-order valence-electron chi connectivity index (χ0n) is 17.6. The summed E-state index contributed by atoms with van der Waals surface area (Å²) < 4.78 is 15.7. The molecule has 3 rings (SSSR count). The largest absolute Gasteiger partial charge is 0.481 e. The van der Waals surface area contributed by atoms with Gasteiger partial charge in [-0.25, -0.2) is 4.79 Å². The van der Waals surface area contributed by atoms with Crippen molar-refractivity contribution in [2.24, 2.45) is 17.8 Å². The van der Waals surface area contributed by atoms with Crippen molar-refractivity contribution >= 4 is 23.9 Å². The van der Waals surface area contributed by atoms with Gasteiger partial charge in [-0.3, -0.25) is 14.4 Å². The van der Waals surface area contributed by atoms with E-state index in [-0.39, 0.29) is 35.8 Å². The van der Waals surface area contributed by atoms with Gasteiger partial charge in [0.05, 0.1) is 30.4 Å². The summed E-state index contributed by atoms with van der Waals surface area (Å²) in [4.78, 5) is 47.3. The maximum Gasteiger partial charge on any atom is 0.338 e. The second-order valence-corrected chi connectivity index (χ2v) is 8.23. The van der Waals surface area contributed by atoms with Gasteiger partial charge in [0, 0.05) is 0 Å². The van der Waals surface area contributed by atoms with Gasteiger partial charge in [0.1, 0.15) is 11.9 Å². The molecule has 31 heavy (non-hydrogen) atoms. The number of hydrogen-bond acceptors (Lipinski definition) is 7. The van der Waals surface area contributed by atoms with Crippen LogP contribution in [-0.2, 0) is 23.9 Å². The summed E-state index contributed by atoms with van der Waals surface area (Å²) in [6.07, 6.45) is 4.17. The van der Waals surface area contributed by atoms with Crippen molar-refractivity contribution in [2.75, 3.05) is 7.11 Å². The molecule has 2 saturated carbocycles. The Balaban J connectivity index is 1.45. The van der Waals surface area contributed by atoms with Crippen molar-refractivity contribution < 1.29 is 38.5 Å². The summed E-state index contributed by atoms with van der Waals surface area (Å²) in [7, 11) is 1.37. The van der Waals surface area contributed by atoms with Gasteiger partial charge in [-0.15, -0.1) is 0 Å². The number of carbonyl (C=O) groups excluding carboxylic acids is 3. The minimum atomic E-state index is -0.800. The Kier molecular flexibility index (Phi) is 7.65. The van der Waals surface area contributed by atoms with Crippen molar-refractivity contribution in [1.82, 2.24) is 0 Å². The lowest BCUT2D eigenvalue weighted by Gasteiger charge is -2.26. The molecule has 0 bridgehead atoms. The van der Waals surface area contributed by atoms with Crippen LogP contribution in [0.3, 0.4) is 0 Å². The van der Waals surface area contributed by atoms with E-state index < -0.39 is 11.9 Å². The van der Waals surface area contributed by atoms with E-state index in [1.165, 1.54) is 7.11 Å². The molecule has 2 aliphatic rings. The first-order valence-corrected chi connectivity index (χ1v) is 10.7. The van der Waals surface area contributed by atoms with Crippen molar-refractivity contribution in [3.63, 3.8) is 0 Å². The average molecular weight is 432 g/mol. The topological polar surface area (TPSA) is 116 Å². The molecule has 0 unspecified atom stereocenters. The van der Waals surface area contributed by atoms with Crippen LogP contribution in [0.1, 0.15) is 61.7 Å². The second-order valence-electron chi connectivity index (χ2n) is 8.23. The Morgan fingerprint density at radius 1 is 0.774 bits per heavy atom. The molecule has 0 heterocycles. The smallest absolute Gasteiger partial charge is 0.338 e. The maximum atomic E-state index is 12.4. The summed E-state index contributed by atoms with van der Waals surface area (Å²) in [6, 6.07) is 6.19. The highest BCUT2D eigenvalue weighted by Gasteiger charge is 2.32. The van der Waals surface area contributed by atoms with E-state index in [1.54, 1.807) is 24.3 Å². The fourth-order valence-electron chi connectivity index (χ4n) is 4.24. The van der Waals surface area contributed by atoms with Crippen LogP contribution in [0.5, 0.6) is 5.75 Å². The van der Waals surface area contributed by atoms with E-state index in [9.17, 15) is 19.2 Å². The predicted molar refractivity (Wildman–Crippen MR) is 108 cm³/mol. The van der Waals surface area contributed by atoms with E-state index >= 15 is 0 Å². The molecule has 0 radical (unpaired) electrons. The van der Waals surface area contributed by atoms with Gasteiger partial charge in [0.15, 0.2) is 0 Å². The number of rotatable bonds is 6. The van der Waals surface area contributed by atoms with Crippen molar-refractivity contribution in [3.8, 4) is 5.75 Å². The summed E-state index contributed by atoms with van der Waals surface area (Å²) in [6.45, 7) is 0. The third kappa shape index (κ3) is 6.06. The normalized spacial score (nSPS) is 25.8. The van der Waals surface area contributed by atoms with Gasteiger partial charge in [-0.1, -0.05) is 0 Å². The first kappa shape index (κ1) is 22.8. The van der Waals surface area contributed by atoms with E-state index in [4.69, 9.17) is 19.3 Å². The van der Waals surface area contributed by atoms with Gasteiger partial charge in [-0.2, -0.15) is 0 Å². The monoisotopic (exact) mass is 432 g/mol. The van der Waals surface area contributed by atoms with Crippen LogP contribution in [0, 0.1) is 17.8 Å². The van der Waals surface area contributed by atoms with Crippen LogP contribution >= 0.6 is 0 Å². The van der Waals surface area contributed by atoms with E-state index in [0.29, 0.717) is 62.7 Å².